The number of thiazole rings is 1. The molecule has 1 aromatic heterocycles. The predicted molar refractivity (Wildman–Crippen MR) is 88.0 cm³/mol. The second-order valence-electron chi connectivity index (χ2n) is 5.07. The van der Waals surface area contributed by atoms with Gasteiger partial charge in [-0.3, -0.25) is 0 Å². The van der Waals surface area contributed by atoms with Gasteiger partial charge in [-0.25, -0.2) is 4.98 Å². The van der Waals surface area contributed by atoms with Gasteiger partial charge in [0.2, 0.25) is 0 Å². The second kappa shape index (κ2) is 4.80. The molecule has 3 nitrogen and oxygen atoms in total. The van der Waals surface area contributed by atoms with E-state index in [1.54, 1.807) is 11.3 Å². The van der Waals surface area contributed by atoms with Crippen molar-refractivity contribution in [3.8, 4) is 0 Å². The molecule has 4 heteroatoms. The molecule has 0 fully saturated rings. The third kappa shape index (κ3) is 2.23. The number of hydrogen-bond donors (Lipinski definition) is 1. The minimum atomic E-state index is 0.780. The molecule has 3 aromatic rings. The van der Waals surface area contributed by atoms with Crippen LogP contribution in [0.15, 0.2) is 36.4 Å². The molecule has 102 valence electrons. The van der Waals surface area contributed by atoms with Crippen LogP contribution in [0.25, 0.3) is 10.2 Å². The van der Waals surface area contributed by atoms with Crippen molar-refractivity contribution in [3.05, 3.63) is 47.5 Å². The molecule has 2 N–H and O–H groups in total. The number of nitrogens with two attached hydrogens (primary N) is 1. The maximum Gasteiger partial charge on any atom is 0.190 e. The van der Waals surface area contributed by atoms with Crippen LogP contribution >= 0.6 is 11.3 Å². The van der Waals surface area contributed by atoms with Gasteiger partial charge in [0.1, 0.15) is 0 Å². The Morgan fingerprint density at radius 2 is 1.90 bits per heavy atom. The highest BCUT2D eigenvalue weighted by Gasteiger charge is 2.12. The molecule has 0 amide bonds. The lowest BCUT2D eigenvalue weighted by Gasteiger charge is -2.18. The Bertz CT molecular complexity index is 776. The van der Waals surface area contributed by atoms with Gasteiger partial charge in [-0.15, -0.1) is 0 Å². The monoisotopic (exact) mass is 283 g/mol. The third-order valence-corrected chi connectivity index (χ3v) is 4.50. The molecule has 0 aliphatic heterocycles. The van der Waals surface area contributed by atoms with Crippen LogP contribution in [0.4, 0.5) is 16.5 Å². The normalized spacial score (nSPS) is 10.9. The summed E-state index contributed by atoms with van der Waals surface area (Å²) < 4.78 is 1.12. The topological polar surface area (TPSA) is 42.2 Å². The lowest BCUT2D eigenvalue weighted by Crippen LogP contribution is -2.10. The van der Waals surface area contributed by atoms with Crippen molar-refractivity contribution in [1.82, 2.24) is 4.98 Å². The van der Waals surface area contributed by atoms with Crippen LogP contribution in [0.5, 0.6) is 0 Å². The van der Waals surface area contributed by atoms with Gasteiger partial charge in [-0.1, -0.05) is 29.0 Å². The van der Waals surface area contributed by atoms with Crippen LogP contribution in [0.2, 0.25) is 0 Å². The van der Waals surface area contributed by atoms with E-state index in [-0.39, 0.29) is 0 Å². The smallest absolute Gasteiger partial charge is 0.190 e. The van der Waals surface area contributed by atoms with Crippen LogP contribution in [-0.4, -0.2) is 12.0 Å². The Balaban J connectivity index is 2.05. The Morgan fingerprint density at radius 3 is 2.65 bits per heavy atom. The Morgan fingerprint density at radius 1 is 1.10 bits per heavy atom. The average Bonchev–Trinajstić information content (AvgIpc) is 2.81. The fourth-order valence-corrected chi connectivity index (χ4v) is 3.35. The summed E-state index contributed by atoms with van der Waals surface area (Å²) in [6.07, 6.45) is 0. The largest absolute Gasteiger partial charge is 0.399 e. The number of aryl methyl sites for hydroxylation is 2. The molecule has 3 rings (SSSR count). The average molecular weight is 283 g/mol. The molecule has 0 aliphatic rings. The maximum absolute atomic E-state index is 5.83. The summed E-state index contributed by atoms with van der Waals surface area (Å²) in [5.41, 5.74) is 11.3. The molecule has 0 spiro atoms. The molecule has 2 aromatic carbocycles. The Labute approximate surface area is 122 Å². The molecule has 0 aliphatic carbocycles. The first-order valence-electron chi connectivity index (χ1n) is 6.51. The molecular formula is C16H17N3S. The highest BCUT2D eigenvalue weighted by Crippen LogP contribution is 2.34. The lowest BCUT2D eigenvalue weighted by atomic mass is 10.1. The van der Waals surface area contributed by atoms with Gasteiger partial charge in [0.15, 0.2) is 5.13 Å². The zero-order chi connectivity index (χ0) is 14.3. The highest BCUT2D eigenvalue weighted by molar-refractivity contribution is 7.22. The van der Waals surface area contributed by atoms with Gasteiger partial charge in [0.25, 0.3) is 0 Å². The number of nitrogen functional groups attached to an aromatic ring is 1. The standard InChI is InChI=1S/C16H17N3S/c1-10-4-7-14(11(2)8-10)19(3)16-18-13-6-5-12(17)9-15(13)20-16/h4-9H,17H2,1-3H3. The van der Waals surface area contributed by atoms with E-state index >= 15 is 0 Å². The Hall–Kier alpha value is -2.07. The SMILES string of the molecule is Cc1ccc(N(C)c2nc3ccc(N)cc3s2)c(C)c1. The van der Waals surface area contributed by atoms with Crippen LogP contribution in [0, 0.1) is 13.8 Å². The molecule has 0 atom stereocenters. The van der Waals surface area contributed by atoms with Gasteiger partial charge >= 0.3 is 0 Å². The lowest BCUT2D eigenvalue weighted by molar-refractivity contribution is 1.16. The summed E-state index contributed by atoms with van der Waals surface area (Å²) in [4.78, 5) is 6.82. The van der Waals surface area contributed by atoms with Gasteiger partial charge < -0.3 is 10.6 Å². The van der Waals surface area contributed by atoms with Gasteiger partial charge in [-0.2, -0.15) is 0 Å². The molecule has 0 saturated heterocycles. The van der Waals surface area contributed by atoms with Crippen LogP contribution in [0.1, 0.15) is 11.1 Å². The quantitative estimate of drug-likeness (QED) is 0.714. The number of benzene rings is 2. The summed E-state index contributed by atoms with van der Waals surface area (Å²) >= 11 is 1.66. The van der Waals surface area contributed by atoms with Gasteiger partial charge in [0, 0.05) is 18.4 Å². The van der Waals surface area contributed by atoms with Crippen molar-refractivity contribution in [2.24, 2.45) is 0 Å². The summed E-state index contributed by atoms with van der Waals surface area (Å²) in [5, 5.41) is 0.984. The van der Waals surface area contributed by atoms with Crippen molar-refractivity contribution in [3.63, 3.8) is 0 Å². The van der Waals surface area contributed by atoms with E-state index in [1.165, 1.54) is 16.8 Å². The minimum Gasteiger partial charge on any atom is -0.399 e. The first-order valence-corrected chi connectivity index (χ1v) is 7.33. The number of nitrogens with zero attached hydrogens (tertiary/aromatic N) is 2. The van der Waals surface area contributed by atoms with E-state index in [1.807, 2.05) is 18.2 Å². The van der Waals surface area contributed by atoms with Crippen molar-refractivity contribution in [2.75, 3.05) is 17.7 Å². The van der Waals surface area contributed by atoms with Crippen molar-refractivity contribution < 1.29 is 0 Å². The summed E-state index contributed by atoms with van der Waals surface area (Å²) in [5.74, 6) is 0. The highest BCUT2D eigenvalue weighted by atomic mass is 32.1. The zero-order valence-electron chi connectivity index (χ0n) is 11.8. The van der Waals surface area contributed by atoms with Crippen LogP contribution in [0.3, 0.4) is 0 Å². The van der Waals surface area contributed by atoms with E-state index < -0.39 is 0 Å². The van der Waals surface area contributed by atoms with E-state index in [9.17, 15) is 0 Å². The predicted octanol–water partition coefficient (Wildman–Crippen LogP) is 4.26. The number of anilines is 3. The molecule has 0 unspecified atom stereocenters. The third-order valence-electron chi connectivity index (χ3n) is 3.40. The van der Waals surface area contributed by atoms with Crippen molar-refractivity contribution >= 4 is 38.1 Å². The fourth-order valence-electron chi connectivity index (χ4n) is 2.36. The van der Waals surface area contributed by atoms with Gasteiger partial charge in [-0.05, 0) is 43.7 Å². The van der Waals surface area contributed by atoms with E-state index in [4.69, 9.17) is 5.73 Å². The van der Waals surface area contributed by atoms with Crippen LogP contribution in [-0.2, 0) is 0 Å². The number of hydrogen-bond acceptors (Lipinski definition) is 4. The van der Waals surface area contributed by atoms with E-state index in [0.717, 1.165) is 21.0 Å². The second-order valence-corrected chi connectivity index (χ2v) is 6.08. The molecule has 1 heterocycles. The van der Waals surface area contributed by atoms with Crippen molar-refractivity contribution in [2.45, 2.75) is 13.8 Å². The first-order chi connectivity index (χ1) is 9.54. The maximum atomic E-state index is 5.83. The van der Waals surface area contributed by atoms with E-state index in [0.29, 0.717) is 0 Å². The molecule has 0 bridgehead atoms. The summed E-state index contributed by atoms with van der Waals surface area (Å²) in [6, 6.07) is 12.3. The van der Waals surface area contributed by atoms with Crippen LogP contribution < -0.4 is 10.6 Å². The summed E-state index contributed by atoms with van der Waals surface area (Å²) in [6.45, 7) is 4.24. The minimum absolute atomic E-state index is 0.780. The molecule has 0 saturated carbocycles. The molecular weight excluding hydrogens is 266 g/mol. The number of rotatable bonds is 2. The number of aromatic nitrogens is 1. The van der Waals surface area contributed by atoms with E-state index in [2.05, 4.69) is 49.0 Å². The Kier molecular flexibility index (Phi) is 3.10. The van der Waals surface area contributed by atoms with Gasteiger partial charge in [0.05, 0.1) is 10.2 Å². The van der Waals surface area contributed by atoms with Crippen molar-refractivity contribution in [1.29, 1.82) is 0 Å². The zero-order valence-corrected chi connectivity index (χ0v) is 12.7. The fraction of sp³-hybridized carbons (Fsp3) is 0.188. The number of fused-ring (bicyclic) bond motifs is 1. The summed E-state index contributed by atoms with van der Waals surface area (Å²) in [7, 11) is 2.05. The molecule has 0 radical (unpaired) electrons. The molecule has 20 heavy (non-hydrogen) atoms. The first kappa shape index (κ1) is 12.9.